The first kappa shape index (κ1) is 13.0. The molecule has 2 N–H and O–H groups in total. The second-order valence-electron chi connectivity index (χ2n) is 3.81. The van der Waals surface area contributed by atoms with E-state index in [9.17, 15) is 0 Å². The summed E-state index contributed by atoms with van der Waals surface area (Å²) in [7, 11) is 0. The van der Waals surface area contributed by atoms with E-state index in [1.54, 1.807) is 10.6 Å². The molecule has 0 saturated heterocycles. The third-order valence-electron chi connectivity index (χ3n) is 2.63. The fourth-order valence-corrected chi connectivity index (χ4v) is 2.32. The number of aryl methyl sites for hydroxylation is 1. The first-order valence-electron chi connectivity index (χ1n) is 5.26. The van der Waals surface area contributed by atoms with Crippen LogP contribution in [-0.4, -0.2) is 9.55 Å². The highest BCUT2D eigenvalue weighted by Gasteiger charge is 2.15. The van der Waals surface area contributed by atoms with Crippen LogP contribution >= 0.6 is 27.5 Å². The summed E-state index contributed by atoms with van der Waals surface area (Å²) in [5, 5.41) is 0.607. The van der Waals surface area contributed by atoms with Crippen LogP contribution in [0.15, 0.2) is 22.7 Å². The predicted molar refractivity (Wildman–Crippen MR) is 78.4 cm³/mol. The number of nitrogens with zero attached hydrogens (tertiary/aromatic N) is 2. The zero-order valence-corrected chi connectivity index (χ0v) is 12.1. The van der Waals surface area contributed by atoms with Gasteiger partial charge >= 0.3 is 0 Å². The predicted octanol–water partition coefficient (Wildman–Crippen LogP) is 3.49. The zero-order valence-electron chi connectivity index (χ0n) is 9.74. The normalized spacial score (nSPS) is 10.3. The molecule has 2 aromatic rings. The summed E-state index contributed by atoms with van der Waals surface area (Å²) in [6, 6.07) is 5.56. The summed E-state index contributed by atoms with van der Waals surface area (Å²) < 4.78 is 2.71. The fraction of sp³-hybridized carbons (Fsp3) is 0.154. The summed E-state index contributed by atoms with van der Waals surface area (Å²) in [5.74, 6) is 3.86. The van der Waals surface area contributed by atoms with Crippen LogP contribution in [0.4, 0.5) is 5.82 Å². The van der Waals surface area contributed by atoms with E-state index in [1.165, 1.54) is 0 Å². The molecule has 0 aliphatic heterocycles. The Kier molecular flexibility index (Phi) is 3.65. The van der Waals surface area contributed by atoms with Crippen molar-refractivity contribution in [2.75, 3.05) is 5.73 Å². The van der Waals surface area contributed by atoms with Crippen LogP contribution in [0.3, 0.4) is 0 Å². The Morgan fingerprint density at radius 2 is 2.28 bits per heavy atom. The molecule has 1 aromatic heterocycles. The van der Waals surface area contributed by atoms with Crippen LogP contribution in [0.25, 0.3) is 11.3 Å². The van der Waals surface area contributed by atoms with Gasteiger partial charge in [0, 0.05) is 10.0 Å². The maximum atomic E-state index is 6.18. The van der Waals surface area contributed by atoms with Crippen molar-refractivity contribution in [1.82, 2.24) is 9.55 Å². The van der Waals surface area contributed by atoms with Gasteiger partial charge in [0.25, 0.3) is 0 Å². The molecule has 5 heteroatoms. The SMILES string of the molecule is C#CCn1c(C)nc(-c2cc(Br)ccc2Cl)c1N. The number of nitrogens with two attached hydrogens (primary N) is 1. The minimum atomic E-state index is 0.399. The van der Waals surface area contributed by atoms with E-state index in [2.05, 4.69) is 26.8 Å². The lowest BCUT2D eigenvalue weighted by molar-refractivity contribution is 0.807. The van der Waals surface area contributed by atoms with Crippen molar-refractivity contribution in [1.29, 1.82) is 0 Å². The van der Waals surface area contributed by atoms with Crippen molar-refractivity contribution in [3.8, 4) is 23.6 Å². The van der Waals surface area contributed by atoms with Crippen LogP contribution in [-0.2, 0) is 6.54 Å². The number of terminal acetylenes is 1. The number of hydrogen-bond donors (Lipinski definition) is 1. The lowest BCUT2D eigenvalue weighted by atomic mass is 10.1. The molecule has 0 saturated carbocycles. The summed E-state index contributed by atoms with van der Waals surface area (Å²) in [6.07, 6.45) is 5.31. The lowest BCUT2D eigenvalue weighted by Crippen LogP contribution is -2.03. The second kappa shape index (κ2) is 5.05. The minimum Gasteiger partial charge on any atom is -0.383 e. The Balaban J connectivity index is 2.62. The second-order valence-corrected chi connectivity index (χ2v) is 5.13. The van der Waals surface area contributed by atoms with E-state index >= 15 is 0 Å². The van der Waals surface area contributed by atoms with E-state index in [1.807, 2.05) is 19.1 Å². The Labute approximate surface area is 119 Å². The largest absolute Gasteiger partial charge is 0.383 e. The molecular formula is C13H11BrClN3. The molecule has 0 spiro atoms. The molecule has 3 nitrogen and oxygen atoms in total. The van der Waals surface area contributed by atoms with Crippen molar-refractivity contribution in [2.24, 2.45) is 0 Å². The fourth-order valence-electron chi connectivity index (χ4n) is 1.75. The molecule has 92 valence electrons. The maximum absolute atomic E-state index is 6.18. The average Bonchev–Trinajstić information content (AvgIpc) is 2.61. The zero-order chi connectivity index (χ0) is 13.3. The first-order valence-corrected chi connectivity index (χ1v) is 6.43. The Bertz CT molecular complexity index is 640. The molecule has 0 atom stereocenters. The van der Waals surface area contributed by atoms with Gasteiger partial charge in [0.15, 0.2) is 0 Å². The highest BCUT2D eigenvalue weighted by atomic mass is 79.9. The Morgan fingerprint density at radius 3 is 2.94 bits per heavy atom. The number of halogens is 2. The van der Waals surface area contributed by atoms with E-state index in [0.717, 1.165) is 15.9 Å². The van der Waals surface area contributed by atoms with E-state index in [0.29, 0.717) is 23.1 Å². The summed E-state index contributed by atoms with van der Waals surface area (Å²) in [5.41, 5.74) is 7.53. The van der Waals surface area contributed by atoms with Crippen LogP contribution in [0, 0.1) is 19.3 Å². The highest BCUT2D eigenvalue weighted by molar-refractivity contribution is 9.10. The monoisotopic (exact) mass is 323 g/mol. The average molecular weight is 325 g/mol. The van der Waals surface area contributed by atoms with Gasteiger partial charge in [-0.25, -0.2) is 4.98 Å². The first-order chi connectivity index (χ1) is 8.54. The van der Waals surface area contributed by atoms with Crippen molar-refractivity contribution in [3.05, 3.63) is 33.5 Å². The van der Waals surface area contributed by atoms with Gasteiger partial charge in [-0.05, 0) is 25.1 Å². The van der Waals surface area contributed by atoms with Crippen LogP contribution in [0.5, 0.6) is 0 Å². The van der Waals surface area contributed by atoms with E-state index in [-0.39, 0.29) is 0 Å². The van der Waals surface area contributed by atoms with Gasteiger partial charge in [-0.3, -0.25) is 0 Å². The van der Waals surface area contributed by atoms with Crippen molar-refractivity contribution in [2.45, 2.75) is 13.5 Å². The van der Waals surface area contributed by atoms with E-state index < -0.39 is 0 Å². The smallest absolute Gasteiger partial charge is 0.132 e. The molecule has 0 aliphatic carbocycles. The molecule has 0 fully saturated rings. The molecule has 0 radical (unpaired) electrons. The summed E-state index contributed by atoms with van der Waals surface area (Å²) >= 11 is 9.58. The minimum absolute atomic E-state index is 0.399. The standard InChI is InChI=1S/C13H11BrClN3/c1-3-6-18-8(2)17-12(13(18)16)10-7-9(14)4-5-11(10)15/h1,4-5,7H,6,16H2,2H3. The maximum Gasteiger partial charge on any atom is 0.132 e. The lowest BCUT2D eigenvalue weighted by Gasteiger charge is -2.05. The van der Waals surface area contributed by atoms with Crippen LogP contribution < -0.4 is 5.73 Å². The van der Waals surface area contributed by atoms with Gasteiger partial charge in [0.05, 0.1) is 11.6 Å². The quantitative estimate of drug-likeness (QED) is 0.859. The van der Waals surface area contributed by atoms with Gasteiger partial charge in [0.1, 0.15) is 17.3 Å². The summed E-state index contributed by atoms with van der Waals surface area (Å²) in [4.78, 5) is 4.44. The van der Waals surface area contributed by atoms with Gasteiger partial charge in [-0.2, -0.15) is 0 Å². The number of nitrogen functional groups attached to an aromatic ring is 1. The number of benzene rings is 1. The third-order valence-corrected chi connectivity index (χ3v) is 3.45. The molecule has 18 heavy (non-hydrogen) atoms. The molecule has 0 bridgehead atoms. The van der Waals surface area contributed by atoms with Gasteiger partial charge < -0.3 is 10.3 Å². The molecule has 2 rings (SSSR count). The molecule has 1 aromatic carbocycles. The Morgan fingerprint density at radius 1 is 1.56 bits per heavy atom. The van der Waals surface area contributed by atoms with Gasteiger partial charge in [-0.15, -0.1) is 6.42 Å². The van der Waals surface area contributed by atoms with Gasteiger partial charge in [0.2, 0.25) is 0 Å². The molecule has 0 unspecified atom stereocenters. The number of aromatic nitrogens is 2. The van der Waals surface area contributed by atoms with Gasteiger partial charge in [-0.1, -0.05) is 33.5 Å². The van der Waals surface area contributed by atoms with Crippen molar-refractivity contribution >= 4 is 33.3 Å². The number of imidazole rings is 1. The van der Waals surface area contributed by atoms with Crippen molar-refractivity contribution in [3.63, 3.8) is 0 Å². The van der Waals surface area contributed by atoms with Crippen molar-refractivity contribution < 1.29 is 0 Å². The molecule has 1 heterocycles. The number of rotatable bonds is 2. The molecule has 0 aliphatic rings. The number of hydrogen-bond acceptors (Lipinski definition) is 2. The Hall–Kier alpha value is -1.44. The summed E-state index contributed by atoms with van der Waals surface area (Å²) in [6.45, 7) is 2.26. The topological polar surface area (TPSA) is 43.8 Å². The van der Waals surface area contributed by atoms with Crippen LogP contribution in [0.1, 0.15) is 5.82 Å². The number of anilines is 1. The highest BCUT2D eigenvalue weighted by Crippen LogP contribution is 2.33. The molecule has 0 amide bonds. The third kappa shape index (κ3) is 2.24. The molecular weight excluding hydrogens is 314 g/mol. The van der Waals surface area contributed by atoms with E-state index in [4.69, 9.17) is 23.8 Å². The van der Waals surface area contributed by atoms with Crippen LogP contribution in [0.2, 0.25) is 5.02 Å².